The third-order valence-corrected chi connectivity index (χ3v) is 3.94. The van der Waals surface area contributed by atoms with Crippen LogP contribution in [-0.4, -0.2) is 35.4 Å². The predicted molar refractivity (Wildman–Crippen MR) is 96.6 cm³/mol. The fraction of sp³-hybridized carbons (Fsp3) is 0.235. The van der Waals surface area contributed by atoms with E-state index in [0.717, 1.165) is 11.3 Å². The highest BCUT2D eigenvalue weighted by Crippen LogP contribution is 2.20. The first-order valence-corrected chi connectivity index (χ1v) is 8.47. The summed E-state index contributed by atoms with van der Waals surface area (Å²) < 4.78 is 5.07. The Kier molecular flexibility index (Phi) is 6.62. The van der Waals surface area contributed by atoms with E-state index in [4.69, 9.17) is 4.74 Å². The van der Waals surface area contributed by atoms with Gasteiger partial charge in [0, 0.05) is 11.9 Å². The van der Waals surface area contributed by atoms with E-state index in [1.807, 2.05) is 31.2 Å². The first-order chi connectivity index (χ1) is 11.6. The number of benzene rings is 1. The summed E-state index contributed by atoms with van der Waals surface area (Å²) in [6.07, 6.45) is 1.58. The van der Waals surface area contributed by atoms with Gasteiger partial charge in [0.2, 0.25) is 17.7 Å². The average Bonchev–Trinajstić information content (AvgIpc) is 2.55. The van der Waals surface area contributed by atoms with Gasteiger partial charge >= 0.3 is 0 Å². The normalized spacial score (nSPS) is 10.1. The highest BCUT2D eigenvalue weighted by molar-refractivity contribution is 8.00. The number of amides is 2. The smallest absolute Gasteiger partial charge is 0.237 e. The molecule has 0 radical (unpaired) electrons. The van der Waals surface area contributed by atoms with Gasteiger partial charge in [0.05, 0.1) is 18.6 Å². The van der Waals surface area contributed by atoms with Crippen LogP contribution in [0, 0.1) is 6.92 Å². The van der Waals surface area contributed by atoms with Crippen molar-refractivity contribution in [2.75, 3.05) is 29.2 Å². The number of methoxy groups -OCH3 is 1. The quantitative estimate of drug-likeness (QED) is 0.806. The molecule has 2 amide bonds. The third-order valence-electron chi connectivity index (χ3n) is 3.01. The second kappa shape index (κ2) is 8.93. The second-order valence-electron chi connectivity index (χ2n) is 5.02. The van der Waals surface area contributed by atoms with E-state index in [1.54, 1.807) is 18.3 Å². The monoisotopic (exact) mass is 345 g/mol. The number of carbonyl (C=O) groups excluding carboxylic acids is 2. The molecule has 0 bridgehead atoms. The van der Waals surface area contributed by atoms with Gasteiger partial charge in [0.1, 0.15) is 5.69 Å². The summed E-state index contributed by atoms with van der Waals surface area (Å²) in [5.74, 6) is 0.366. The number of nitrogens with zero attached hydrogens (tertiary/aromatic N) is 1. The van der Waals surface area contributed by atoms with E-state index in [2.05, 4.69) is 15.6 Å². The number of rotatable bonds is 7. The van der Waals surface area contributed by atoms with E-state index in [1.165, 1.54) is 18.9 Å². The Morgan fingerprint density at radius 1 is 1.12 bits per heavy atom. The summed E-state index contributed by atoms with van der Waals surface area (Å²) in [5.41, 5.74) is 2.34. The lowest BCUT2D eigenvalue weighted by atomic mass is 10.2. The molecular weight excluding hydrogens is 326 g/mol. The number of thioether (sulfide) groups is 1. The molecule has 24 heavy (non-hydrogen) atoms. The van der Waals surface area contributed by atoms with Crippen molar-refractivity contribution in [2.24, 2.45) is 0 Å². The molecule has 7 heteroatoms. The fourth-order valence-corrected chi connectivity index (χ4v) is 2.61. The SMILES string of the molecule is COc1ncccc1NC(=O)CSCC(=O)Nc1cccc(C)c1. The zero-order chi connectivity index (χ0) is 17.4. The number of nitrogens with one attached hydrogen (secondary N) is 2. The second-order valence-corrected chi connectivity index (χ2v) is 6.00. The molecule has 0 fully saturated rings. The van der Waals surface area contributed by atoms with Crippen LogP contribution < -0.4 is 15.4 Å². The van der Waals surface area contributed by atoms with Crippen molar-refractivity contribution in [3.63, 3.8) is 0 Å². The number of aromatic nitrogens is 1. The van der Waals surface area contributed by atoms with Crippen molar-refractivity contribution in [1.29, 1.82) is 0 Å². The molecule has 1 heterocycles. The molecule has 0 atom stereocenters. The summed E-state index contributed by atoms with van der Waals surface area (Å²) in [4.78, 5) is 27.8. The van der Waals surface area contributed by atoms with Gasteiger partial charge in [0.25, 0.3) is 0 Å². The van der Waals surface area contributed by atoms with E-state index >= 15 is 0 Å². The minimum atomic E-state index is -0.213. The zero-order valence-corrected chi connectivity index (χ0v) is 14.4. The van der Waals surface area contributed by atoms with Crippen LogP contribution in [0.4, 0.5) is 11.4 Å². The van der Waals surface area contributed by atoms with Gasteiger partial charge in [-0.05, 0) is 36.8 Å². The number of hydrogen-bond donors (Lipinski definition) is 2. The van der Waals surface area contributed by atoms with Crippen molar-refractivity contribution in [1.82, 2.24) is 4.98 Å². The van der Waals surface area contributed by atoms with Gasteiger partial charge in [-0.25, -0.2) is 4.98 Å². The lowest BCUT2D eigenvalue weighted by Gasteiger charge is -2.09. The lowest BCUT2D eigenvalue weighted by molar-refractivity contribution is -0.114. The minimum absolute atomic E-state index is 0.141. The van der Waals surface area contributed by atoms with Crippen LogP contribution in [0.1, 0.15) is 5.56 Å². The first kappa shape index (κ1) is 17.8. The molecule has 0 aliphatic heterocycles. The van der Waals surface area contributed by atoms with Gasteiger partial charge in [-0.2, -0.15) is 0 Å². The number of carbonyl (C=O) groups is 2. The number of hydrogen-bond acceptors (Lipinski definition) is 5. The van der Waals surface area contributed by atoms with E-state index in [-0.39, 0.29) is 23.3 Å². The molecule has 1 aromatic carbocycles. The molecule has 1 aromatic heterocycles. The van der Waals surface area contributed by atoms with Crippen molar-refractivity contribution in [2.45, 2.75) is 6.92 Å². The van der Waals surface area contributed by atoms with Crippen LogP contribution >= 0.6 is 11.8 Å². The van der Waals surface area contributed by atoms with Crippen LogP contribution in [-0.2, 0) is 9.59 Å². The number of anilines is 2. The molecule has 2 rings (SSSR count). The molecule has 6 nitrogen and oxygen atoms in total. The van der Waals surface area contributed by atoms with Crippen LogP contribution in [0.25, 0.3) is 0 Å². The van der Waals surface area contributed by atoms with Crippen molar-refractivity contribution in [3.8, 4) is 5.88 Å². The largest absolute Gasteiger partial charge is 0.480 e. The van der Waals surface area contributed by atoms with E-state index < -0.39 is 0 Å². The van der Waals surface area contributed by atoms with Crippen molar-refractivity contribution >= 4 is 35.0 Å². The fourth-order valence-electron chi connectivity index (χ4n) is 1.99. The van der Waals surface area contributed by atoms with Gasteiger partial charge in [-0.1, -0.05) is 12.1 Å². The molecule has 126 valence electrons. The maximum atomic E-state index is 11.9. The minimum Gasteiger partial charge on any atom is -0.480 e. The standard InChI is InChI=1S/C17H19N3O3S/c1-12-5-3-6-13(9-12)19-15(21)10-24-11-16(22)20-14-7-4-8-18-17(14)23-2/h3-9H,10-11H2,1-2H3,(H,19,21)(H,20,22). The number of pyridine rings is 1. The Morgan fingerprint density at radius 3 is 2.58 bits per heavy atom. The van der Waals surface area contributed by atoms with Crippen LogP contribution in [0.3, 0.4) is 0 Å². The molecule has 0 spiro atoms. The molecule has 2 aromatic rings. The first-order valence-electron chi connectivity index (χ1n) is 7.31. The molecule has 2 N–H and O–H groups in total. The molecule has 0 saturated carbocycles. The molecule has 0 aliphatic carbocycles. The highest BCUT2D eigenvalue weighted by Gasteiger charge is 2.09. The Bertz CT molecular complexity index is 722. The Labute approximate surface area is 145 Å². The highest BCUT2D eigenvalue weighted by atomic mass is 32.2. The molecular formula is C17H19N3O3S. The summed E-state index contributed by atoms with van der Waals surface area (Å²) in [7, 11) is 1.49. The van der Waals surface area contributed by atoms with E-state index in [0.29, 0.717) is 11.6 Å². The maximum Gasteiger partial charge on any atom is 0.237 e. The molecule has 0 aliphatic rings. The number of ether oxygens (including phenoxy) is 1. The summed E-state index contributed by atoms with van der Waals surface area (Å²) in [6.45, 7) is 1.96. The van der Waals surface area contributed by atoms with Gasteiger partial charge in [-0.15, -0.1) is 11.8 Å². The predicted octanol–water partition coefficient (Wildman–Crippen LogP) is 2.71. The Balaban J connectivity index is 1.75. The summed E-state index contributed by atoms with van der Waals surface area (Å²) in [5, 5.41) is 5.52. The lowest BCUT2D eigenvalue weighted by Crippen LogP contribution is -2.18. The number of aryl methyl sites for hydroxylation is 1. The van der Waals surface area contributed by atoms with Crippen molar-refractivity contribution < 1.29 is 14.3 Å². The van der Waals surface area contributed by atoms with Gasteiger partial charge in [0.15, 0.2) is 0 Å². The zero-order valence-electron chi connectivity index (χ0n) is 13.5. The third kappa shape index (κ3) is 5.58. The summed E-state index contributed by atoms with van der Waals surface area (Å²) in [6, 6.07) is 11.0. The Hall–Kier alpha value is -2.54. The van der Waals surface area contributed by atoms with Crippen LogP contribution in [0.15, 0.2) is 42.6 Å². The van der Waals surface area contributed by atoms with Crippen LogP contribution in [0.2, 0.25) is 0 Å². The molecule has 0 unspecified atom stereocenters. The Morgan fingerprint density at radius 2 is 1.88 bits per heavy atom. The average molecular weight is 345 g/mol. The topological polar surface area (TPSA) is 80.3 Å². The molecule has 0 saturated heterocycles. The maximum absolute atomic E-state index is 11.9. The van der Waals surface area contributed by atoms with Gasteiger partial charge in [-0.3, -0.25) is 9.59 Å². The van der Waals surface area contributed by atoms with E-state index in [9.17, 15) is 9.59 Å². The van der Waals surface area contributed by atoms with Gasteiger partial charge < -0.3 is 15.4 Å². The summed E-state index contributed by atoms with van der Waals surface area (Å²) >= 11 is 1.24. The van der Waals surface area contributed by atoms with Crippen molar-refractivity contribution in [3.05, 3.63) is 48.2 Å². The van der Waals surface area contributed by atoms with Crippen LogP contribution in [0.5, 0.6) is 5.88 Å².